The summed E-state index contributed by atoms with van der Waals surface area (Å²) in [5.74, 6) is -1.35. The van der Waals surface area contributed by atoms with Crippen LogP contribution in [0.25, 0.3) is 11.1 Å². The molecule has 59 heavy (non-hydrogen) atoms. The second-order valence-electron chi connectivity index (χ2n) is 15.0. The number of aryl methyl sites for hydroxylation is 1. The average molecular weight is 807 g/mol. The van der Waals surface area contributed by atoms with Gasteiger partial charge in [0.2, 0.25) is 0 Å². The maximum Gasteiger partial charge on any atom is 0.416 e. The molecule has 4 aromatic rings. The number of hydrogen-bond donors (Lipinski definition) is 0. The number of carbonyl (C=O) groups is 5. The molecule has 4 aromatic carbocycles. The van der Waals surface area contributed by atoms with E-state index >= 15 is 0 Å². The van der Waals surface area contributed by atoms with Crippen LogP contribution in [0.1, 0.15) is 133 Å². The Morgan fingerprint density at radius 3 is 2.07 bits per heavy atom. The minimum Gasteiger partial charge on any atom is -0.464 e. The Bertz CT molecular complexity index is 2210. The molecule has 6 nitrogen and oxygen atoms in total. The van der Waals surface area contributed by atoms with Crippen molar-refractivity contribution >= 4 is 29.1 Å². The number of rotatable bonds is 21. The number of Topliss-reactive ketones (excluding diaryl/α,β-unsaturated/α-hetero) is 4. The van der Waals surface area contributed by atoms with Crippen molar-refractivity contribution in [2.45, 2.75) is 104 Å². The molecule has 0 fully saturated rings. The SMILES string of the molecule is C=C(CC)CC(COC(=O)Cc1ccc(CCCC(=O)c2ccccc2-c2ccc(C(F)(F)F)cc2)c(C(=O)C(C)=CC)c1)(C(=O)CCCC)c1ccccc1C(C)=O. The van der Waals surface area contributed by atoms with Gasteiger partial charge < -0.3 is 4.74 Å². The van der Waals surface area contributed by atoms with Crippen LogP contribution in [0.2, 0.25) is 0 Å². The van der Waals surface area contributed by atoms with Crippen molar-refractivity contribution in [2.75, 3.05) is 6.61 Å². The number of benzene rings is 4. The third-order valence-corrected chi connectivity index (χ3v) is 10.8. The van der Waals surface area contributed by atoms with Crippen molar-refractivity contribution in [3.05, 3.63) is 154 Å². The zero-order valence-corrected chi connectivity index (χ0v) is 34.6. The van der Waals surface area contributed by atoms with Crippen LogP contribution in [0.4, 0.5) is 13.2 Å². The van der Waals surface area contributed by atoms with Crippen LogP contribution in [0.15, 0.2) is 115 Å². The number of carbonyl (C=O) groups excluding carboxylic acids is 5. The normalized spacial score (nSPS) is 12.7. The Balaban J connectivity index is 1.56. The van der Waals surface area contributed by atoms with Crippen molar-refractivity contribution in [1.29, 1.82) is 0 Å². The first-order chi connectivity index (χ1) is 28.1. The van der Waals surface area contributed by atoms with E-state index in [4.69, 9.17) is 4.74 Å². The summed E-state index contributed by atoms with van der Waals surface area (Å²) in [6.07, 6.45) is 0.387. The summed E-state index contributed by atoms with van der Waals surface area (Å²) in [5.41, 5.74) is 3.12. The predicted molar refractivity (Wildman–Crippen MR) is 226 cm³/mol. The van der Waals surface area contributed by atoms with Gasteiger partial charge in [-0.3, -0.25) is 24.0 Å². The van der Waals surface area contributed by atoms with E-state index in [0.29, 0.717) is 75.8 Å². The van der Waals surface area contributed by atoms with E-state index in [1.54, 1.807) is 86.7 Å². The molecule has 0 aromatic heterocycles. The van der Waals surface area contributed by atoms with Gasteiger partial charge in [-0.15, -0.1) is 0 Å². The molecule has 0 aliphatic rings. The Labute approximate surface area is 345 Å². The van der Waals surface area contributed by atoms with Crippen molar-refractivity contribution in [2.24, 2.45) is 0 Å². The zero-order chi connectivity index (χ0) is 43.3. The predicted octanol–water partition coefficient (Wildman–Crippen LogP) is 12.1. The van der Waals surface area contributed by atoms with Crippen molar-refractivity contribution in [1.82, 2.24) is 0 Å². The first kappa shape index (κ1) is 46.0. The number of ketones is 4. The Morgan fingerprint density at radius 1 is 0.780 bits per heavy atom. The maximum atomic E-state index is 14.2. The monoisotopic (exact) mass is 806 g/mol. The lowest BCUT2D eigenvalue weighted by Gasteiger charge is -2.34. The first-order valence-electron chi connectivity index (χ1n) is 20.1. The third-order valence-electron chi connectivity index (χ3n) is 10.8. The first-order valence-corrected chi connectivity index (χ1v) is 20.1. The average Bonchev–Trinajstić information content (AvgIpc) is 3.23. The topological polar surface area (TPSA) is 94.6 Å². The molecule has 0 aliphatic heterocycles. The van der Waals surface area contributed by atoms with Gasteiger partial charge in [-0.2, -0.15) is 13.2 Å². The molecular formula is C50H53F3O6. The number of ether oxygens (including phenoxy) is 1. The molecular weight excluding hydrogens is 754 g/mol. The Morgan fingerprint density at radius 2 is 1.44 bits per heavy atom. The van der Waals surface area contributed by atoms with Crippen molar-refractivity contribution in [3.8, 4) is 11.1 Å². The summed E-state index contributed by atoms with van der Waals surface area (Å²) in [6, 6.07) is 23.6. The van der Waals surface area contributed by atoms with Gasteiger partial charge in [0.15, 0.2) is 17.3 Å². The number of unbranched alkanes of at least 4 members (excludes halogenated alkanes) is 1. The molecule has 0 aliphatic carbocycles. The van der Waals surface area contributed by atoms with E-state index < -0.39 is 23.1 Å². The standard InChI is InChI=1S/C50H53F3O6/c1-7-10-22-46(56)49(31-33(4)8-2,44-20-14-13-17-40(44)35(6)54)32-59-47(57)30-36-23-24-37(43(29-36)48(58)34(5)9-3)16-15-21-45(55)42-19-12-11-18-41(42)38-25-27-39(28-26-38)50(51,52)53/h9,11-14,17-20,23-29H,4,7-8,10,15-16,21-22,30-32H2,1-3,5-6H3. The highest BCUT2D eigenvalue weighted by molar-refractivity contribution is 6.09. The molecule has 0 radical (unpaired) electrons. The molecule has 0 bridgehead atoms. The molecule has 0 amide bonds. The lowest BCUT2D eigenvalue weighted by Crippen LogP contribution is -2.43. The summed E-state index contributed by atoms with van der Waals surface area (Å²) in [7, 11) is 0. The third kappa shape index (κ3) is 11.7. The van der Waals surface area contributed by atoms with Gasteiger partial charge in [-0.25, -0.2) is 0 Å². The van der Waals surface area contributed by atoms with Crippen LogP contribution in [0, 0.1) is 0 Å². The number of alkyl halides is 3. The van der Waals surface area contributed by atoms with Gasteiger partial charge in [-0.05, 0) is 104 Å². The molecule has 1 atom stereocenters. The fourth-order valence-electron chi connectivity index (χ4n) is 7.21. The Kier molecular flexibility index (Phi) is 16.2. The van der Waals surface area contributed by atoms with Crippen LogP contribution in [0.3, 0.4) is 0 Å². The van der Waals surface area contributed by atoms with Crippen LogP contribution < -0.4 is 0 Å². The van der Waals surface area contributed by atoms with Gasteiger partial charge in [-0.1, -0.05) is 111 Å². The molecule has 0 N–H and O–H groups in total. The number of allylic oxidation sites excluding steroid dienone is 3. The molecule has 1 unspecified atom stereocenters. The lowest BCUT2D eigenvalue weighted by molar-refractivity contribution is -0.146. The summed E-state index contributed by atoms with van der Waals surface area (Å²) in [6.45, 7) is 12.7. The van der Waals surface area contributed by atoms with E-state index in [9.17, 15) is 37.1 Å². The van der Waals surface area contributed by atoms with Crippen LogP contribution >= 0.6 is 0 Å². The zero-order valence-electron chi connectivity index (χ0n) is 34.6. The second kappa shape index (κ2) is 20.8. The molecule has 0 saturated heterocycles. The van der Waals surface area contributed by atoms with Gasteiger partial charge in [0, 0.05) is 29.5 Å². The maximum absolute atomic E-state index is 14.2. The van der Waals surface area contributed by atoms with Crippen LogP contribution in [-0.4, -0.2) is 35.7 Å². The van der Waals surface area contributed by atoms with E-state index in [1.165, 1.54) is 19.1 Å². The lowest BCUT2D eigenvalue weighted by atomic mass is 9.69. The fourth-order valence-corrected chi connectivity index (χ4v) is 7.21. The fraction of sp³-hybridized carbons (Fsp3) is 0.340. The highest BCUT2D eigenvalue weighted by Crippen LogP contribution is 2.38. The number of esters is 1. The van der Waals surface area contributed by atoms with Crippen molar-refractivity contribution < 1.29 is 41.9 Å². The summed E-state index contributed by atoms with van der Waals surface area (Å²) < 4.78 is 45.4. The van der Waals surface area contributed by atoms with Gasteiger partial charge >= 0.3 is 12.1 Å². The smallest absolute Gasteiger partial charge is 0.416 e. The minimum absolute atomic E-state index is 0.123. The highest BCUT2D eigenvalue weighted by atomic mass is 19.4. The largest absolute Gasteiger partial charge is 0.464 e. The van der Waals surface area contributed by atoms with E-state index in [2.05, 4.69) is 6.58 Å². The van der Waals surface area contributed by atoms with Gasteiger partial charge in [0.1, 0.15) is 12.4 Å². The van der Waals surface area contributed by atoms with Gasteiger partial charge in [0.25, 0.3) is 0 Å². The van der Waals surface area contributed by atoms with Crippen LogP contribution in [0.5, 0.6) is 0 Å². The molecule has 0 heterocycles. The van der Waals surface area contributed by atoms with Crippen molar-refractivity contribution in [3.63, 3.8) is 0 Å². The minimum atomic E-state index is -4.47. The number of halogens is 3. The van der Waals surface area contributed by atoms with E-state index in [0.717, 1.165) is 24.1 Å². The molecule has 9 heteroatoms. The van der Waals surface area contributed by atoms with E-state index in [1.807, 2.05) is 13.8 Å². The second-order valence-corrected chi connectivity index (χ2v) is 15.0. The van der Waals surface area contributed by atoms with Crippen LogP contribution in [-0.2, 0) is 38.8 Å². The quantitative estimate of drug-likeness (QED) is 0.0360. The Hall–Kier alpha value is -5.70. The number of hydrogen-bond acceptors (Lipinski definition) is 6. The summed E-state index contributed by atoms with van der Waals surface area (Å²) in [5, 5.41) is 0. The molecule has 310 valence electrons. The highest BCUT2D eigenvalue weighted by Gasteiger charge is 2.43. The van der Waals surface area contributed by atoms with E-state index in [-0.39, 0.29) is 55.4 Å². The molecule has 0 saturated carbocycles. The summed E-state index contributed by atoms with van der Waals surface area (Å²) >= 11 is 0. The molecule has 0 spiro atoms. The van der Waals surface area contributed by atoms with Gasteiger partial charge in [0.05, 0.1) is 17.4 Å². The molecule has 4 rings (SSSR count). The summed E-state index contributed by atoms with van der Waals surface area (Å²) in [4.78, 5) is 67.7.